The molecular weight excluding hydrogens is 402 g/mol. The molecule has 5 heteroatoms. The molecule has 148 valence electrons. The Morgan fingerprint density at radius 3 is 2.45 bits per heavy atom. The summed E-state index contributed by atoms with van der Waals surface area (Å²) in [6.07, 6.45) is 1.85. The number of aromatic nitrogens is 2. The fourth-order valence-electron chi connectivity index (χ4n) is 3.64. The molecule has 2 heterocycles. The minimum atomic E-state index is 0.619. The second-order valence-electron chi connectivity index (χ2n) is 6.96. The van der Waals surface area contributed by atoms with Crippen molar-refractivity contribution in [2.75, 3.05) is 7.11 Å². The summed E-state index contributed by atoms with van der Waals surface area (Å²) in [5.41, 5.74) is 4.32. The largest absolute Gasteiger partial charge is 0.496 e. The number of benzene rings is 3. The van der Waals surface area contributed by atoms with Crippen molar-refractivity contribution in [1.82, 2.24) is 9.97 Å². The highest BCUT2D eigenvalue weighted by Gasteiger charge is 2.20. The van der Waals surface area contributed by atoms with Crippen LogP contribution < -0.4 is 4.74 Å². The van der Waals surface area contributed by atoms with E-state index in [0.717, 1.165) is 43.1 Å². The van der Waals surface area contributed by atoms with Crippen molar-refractivity contribution in [1.29, 1.82) is 5.26 Å². The van der Waals surface area contributed by atoms with Crippen LogP contribution >= 0.6 is 11.3 Å². The summed E-state index contributed by atoms with van der Waals surface area (Å²) < 4.78 is 5.59. The second-order valence-corrected chi connectivity index (χ2v) is 8.02. The van der Waals surface area contributed by atoms with Gasteiger partial charge in [0, 0.05) is 33.2 Å². The summed E-state index contributed by atoms with van der Waals surface area (Å²) in [6, 6.07) is 27.9. The van der Waals surface area contributed by atoms with Gasteiger partial charge in [-0.2, -0.15) is 5.26 Å². The molecule has 5 aromatic rings. The Labute approximate surface area is 184 Å². The Kier molecular flexibility index (Phi) is 4.91. The maximum atomic E-state index is 9.69. The molecule has 4 nitrogen and oxygen atoms in total. The number of rotatable bonds is 4. The minimum Gasteiger partial charge on any atom is -0.496 e. The summed E-state index contributed by atoms with van der Waals surface area (Å²) in [5.74, 6) is 1.45. The fraction of sp³-hybridized carbons (Fsp3) is 0.0385. The molecule has 0 saturated heterocycles. The standard InChI is InChI=1S/C26H17N3OS/c1-30-23-13-7-5-11-20(23)24-14-21(19-10-4-2-8-17(19)15-27)25(31-24)26-28-16-18-9-3-6-12-22(18)29-26/h2-14,16H,1H3. The zero-order valence-electron chi connectivity index (χ0n) is 16.7. The smallest absolute Gasteiger partial charge is 0.170 e. The number of hydrogen-bond donors (Lipinski definition) is 0. The molecule has 0 N–H and O–H groups in total. The molecule has 0 aliphatic rings. The molecule has 0 spiro atoms. The zero-order chi connectivity index (χ0) is 21.2. The fourth-order valence-corrected chi connectivity index (χ4v) is 4.78. The lowest BCUT2D eigenvalue weighted by Crippen LogP contribution is -1.90. The van der Waals surface area contributed by atoms with Crippen LogP contribution in [-0.4, -0.2) is 17.1 Å². The van der Waals surface area contributed by atoms with Crippen LogP contribution in [0.5, 0.6) is 5.75 Å². The molecule has 5 rings (SSSR count). The van der Waals surface area contributed by atoms with E-state index in [9.17, 15) is 5.26 Å². The van der Waals surface area contributed by atoms with Crippen LogP contribution in [0.4, 0.5) is 0 Å². The topological polar surface area (TPSA) is 58.8 Å². The highest BCUT2D eigenvalue weighted by Crippen LogP contribution is 2.45. The first-order valence-electron chi connectivity index (χ1n) is 9.77. The van der Waals surface area contributed by atoms with Crippen molar-refractivity contribution in [2.45, 2.75) is 0 Å². The SMILES string of the molecule is COc1ccccc1-c1cc(-c2ccccc2C#N)c(-c2ncc3ccccc3n2)s1. The number of fused-ring (bicyclic) bond motifs is 1. The maximum absolute atomic E-state index is 9.69. The van der Waals surface area contributed by atoms with E-state index in [4.69, 9.17) is 9.72 Å². The van der Waals surface area contributed by atoms with E-state index in [1.165, 1.54) is 0 Å². The van der Waals surface area contributed by atoms with Crippen molar-refractivity contribution in [3.63, 3.8) is 0 Å². The van der Waals surface area contributed by atoms with Gasteiger partial charge in [0.05, 0.1) is 29.1 Å². The van der Waals surface area contributed by atoms with Crippen molar-refractivity contribution in [3.05, 3.63) is 90.6 Å². The lowest BCUT2D eigenvalue weighted by molar-refractivity contribution is 0.416. The monoisotopic (exact) mass is 419 g/mol. The molecular formula is C26H17N3OS. The van der Waals surface area contributed by atoms with E-state index in [2.05, 4.69) is 17.1 Å². The number of nitrogens with zero attached hydrogens (tertiary/aromatic N) is 3. The van der Waals surface area contributed by atoms with Gasteiger partial charge in [0.25, 0.3) is 0 Å². The number of thiophene rings is 1. The van der Waals surface area contributed by atoms with Gasteiger partial charge in [-0.25, -0.2) is 9.97 Å². The predicted octanol–water partition coefficient (Wildman–Crippen LogP) is 6.57. The van der Waals surface area contributed by atoms with Gasteiger partial charge in [-0.3, -0.25) is 0 Å². The quantitative estimate of drug-likeness (QED) is 0.330. The van der Waals surface area contributed by atoms with Crippen molar-refractivity contribution in [3.8, 4) is 44.1 Å². The average molecular weight is 420 g/mol. The first-order valence-corrected chi connectivity index (χ1v) is 10.6. The number of nitriles is 1. The molecule has 0 radical (unpaired) electrons. The van der Waals surface area contributed by atoms with Crippen LogP contribution in [0.3, 0.4) is 0 Å². The van der Waals surface area contributed by atoms with Crippen LogP contribution in [0.25, 0.3) is 43.2 Å². The Balaban J connectivity index is 1.77. The van der Waals surface area contributed by atoms with Gasteiger partial charge in [-0.15, -0.1) is 11.3 Å². The normalized spacial score (nSPS) is 10.7. The highest BCUT2D eigenvalue weighted by atomic mass is 32.1. The van der Waals surface area contributed by atoms with E-state index < -0.39 is 0 Å². The maximum Gasteiger partial charge on any atom is 0.170 e. The number of ether oxygens (including phenoxy) is 1. The predicted molar refractivity (Wildman–Crippen MR) is 125 cm³/mol. The van der Waals surface area contributed by atoms with Crippen molar-refractivity contribution < 1.29 is 4.74 Å². The number of para-hydroxylation sites is 2. The summed E-state index contributed by atoms with van der Waals surface area (Å²) in [6.45, 7) is 0. The average Bonchev–Trinajstić information content (AvgIpc) is 3.28. The molecule has 3 aromatic carbocycles. The third kappa shape index (κ3) is 3.43. The minimum absolute atomic E-state index is 0.619. The Morgan fingerprint density at radius 1 is 0.871 bits per heavy atom. The Morgan fingerprint density at radius 2 is 1.61 bits per heavy atom. The summed E-state index contributed by atoms with van der Waals surface area (Å²) in [5, 5.41) is 10.7. The molecule has 0 atom stereocenters. The van der Waals surface area contributed by atoms with Gasteiger partial charge in [0.1, 0.15) is 5.75 Å². The first-order chi connectivity index (χ1) is 15.3. The van der Waals surface area contributed by atoms with Gasteiger partial charge in [-0.1, -0.05) is 48.5 Å². The highest BCUT2D eigenvalue weighted by molar-refractivity contribution is 7.19. The van der Waals surface area contributed by atoms with E-state index in [1.54, 1.807) is 18.4 Å². The lowest BCUT2D eigenvalue weighted by atomic mass is 9.99. The van der Waals surface area contributed by atoms with Crippen LogP contribution in [0, 0.1) is 11.3 Å². The van der Waals surface area contributed by atoms with Crippen LogP contribution in [-0.2, 0) is 0 Å². The van der Waals surface area contributed by atoms with Crippen molar-refractivity contribution >= 4 is 22.2 Å². The Bertz CT molecular complexity index is 1450. The van der Waals surface area contributed by atoms with Crippen LogP contribution in [0.2, 0.25) is 0 Å². The molecule has 0 aliphatic carbocycles. The van der Waals surface area contributed by atoms with Crippen molar-refractivity contribution in [2.24, 2.45) is 0 Å². The number of methoxy groups -OCH3 is 1. The summed E-state index contributed by atoms with van der Waals surface area (Å²) >= 11 is 1.60. The number of hydrogen-bond acceptors (Lipinski definition) is 5. The summed E-state index contributed by atoms with van der Waals surface area (Å²) in [4.78, 5) is 11.4. The molecule has 0 amide bonds. The third-order valence-corrected chi connectivity index (χ3v) is 6.30. The zero-order valence-corrected chi connectivity index (χ0v) is 17.6. The van der Waals surface area contributed by atoms with Crippen LogP contribution in [0.1, 0.15) is 5.56 Å². The molecule has 2 aromatic heterocycles. The molecule has 0 fully saturated rings. The van der Waals surface area contributed by atoms with E-state index in [-0.39, 0.29) is 0 Å². The van der Waals surface area contributed by atoms with E-state index in [0.29, 0.717) is 11.4 Å². The summed E-state index contributed by atoms with van der Waals surface area (Å²) in [7, 11) is 1.67. The molecule has 0 bridgehead atoms. The Hall–Kier alpha value is -4.01. The molecule has 31 heavy (non-hydrogen) atoms. The van der Waals surface area contributed by atoms with E-state index in [1.807, 2.05) is 79.0 Å². The molecule has 0 aliphatic heterocycles. The first kappa shape index (κ1) is 19.0. The van der Waals surface area contributed by atoms with Crippen LogP contribution in [0.15, 0.2) is 85.1 Å². The lowest BCUT2D eigenvalue weighted by Gasteiger charge is -2.06. The van der Waals surface area contributed by atoms with Gasteiger partial charge in [0.15, 0.2) is 5.82 Å². The van der Waals surface area contributed by atoms with Gasteiger partial charge in [-0.05, 0) is 30.3 Å². The van der Waals surface area contributed by atoms with E-state index >= 15 is 0 Å². The molecule has 0 unspecified atom stereocenters. The van der Waals surface area contributed by atoms with Gasteiger partial charge >= 0.3 is 0 Å². The third-order valence-electron chi connectivity index (χ3n) is 5.13. The molecule has 0 saturated carbocycles. The van der Waals surface area contributed by atoms with Gasteiger partial charge in [0.2, 0.25) is 0 Å². The van der Waals surface area contributed by atoms with Gasteiger partial charge < -0.3 is 4.74 Å². The second kappa shape index (κ2) is 8.02.